The van der Waals surface area contributed by atoms with Crippen LogP contribution in [0.25, 0.3) is 0 Å². The minimum Gasteiger partial charge on any atom is -0.352 e. The number of nitrogens with zero attached hydrogens (tertiary/aromatic N) is 2. The molecule has 0 saturated heterocycles. The number of anilines is 1. The lowest BCUT2D eigenvalue weighted by Gasteiger charge is -2.32. The summed E-state index contributed by atoms with van der Waals surface area (Å²) in [4.78, 5) is 27.8. The molecule has 7 nitrogen and oxygen atoms in total. The van der Waals surface area contributed by atoms with E-state index in [1.54, 1.807) is 19.1 Å². The third kappa shape index (κ3) is 7.60. The number of carbonyl (C=O) groups is 2. The minimum atomic E-state index is -3.74. The van der Waals surface area contributed by atoms with Gasteiger partial charge in [0.15, 0.2) is 0 Å². The van der Waals surface area contributed by atoms with Crippen LogP contribution in [0.2, 0.25) is 0 Å². The fourth-order valence-corrected chi connectivity index (χ4v) is 4.37. The van der Waals surface area contributed by atoms with Crippen molar-refractivity contribution < 1.29 is 18.0 Å². The second kappa shape index (κ2) is 11.3. The van der Waals surface area contributed by atoms with Crippen LogP contribution in [0.15, 0.2) is 48.5 Å². The van der Waals surface area contributed by atoms with Gasteiger partial charge in [0.2, 0.25) is 21.8 Å². The summed E-state index contributed by atoms with van der Waals surface area (Å²) in [6, 6.07) is 14.0. The van der Waals surface area contributed by atoms with Crippen molar-refractivity contribution in [1.29, 1.82) is 0 Å². The number of sulfonamides is 1. The zero-order valence-electron chi connectivity index (χ0n) is 20.3. The quantitative estimate of drug-likeness (QED) is 0.573. The molecular weight excluding hydrogens is 438 g/mol. The summed E-state index contributed by atoms with van der Waals surface area (Å²) in [7, 11) is -3.74. The van der Waals surface area contributed by atoms with Gasteiger partial charge in [-0.1, -0.05) is 43.3 Å². The zero-order valence-corrected chi connectivity index (χ0v) is 21.1. The SMILES string of the molecule is CC[C@@H](C)NC(=O)[C@H](C)N(Cc1ccccc1)C(=O)CN(c1cc(C)cc(C)c1)S(C)(=O)=O. The molecule has 2 amide bonds. The molecule has 2 aromatic rings. The van der Waals surface area contributed by atoms with Crippen molar-refractivity contribution in [2.24, 2.45) is 0 Å². The predicted molar refractivity (Wildman–Crippen MR) is 132 cm³/mol. The molecule has 2 rings (SSSR count). The normalized spacial score (nSPS) is 13.2. The lowest BCUT2D eigenvalue weighted by molar-refractivity contribution is -0.139. The first-order valence-corrected chi connectivity index (χ1v) is 13.0. The first-order chi connectivity index (χ1) is 15.4. The van der Waals surface area contributed by atoms with Gasteiger partial charge in [-0.05, 0) is 62.9 Å². The molecule has 0 saturated carbocycles. The minimum absolute atomic E-state index is 0.0311. The molecule has 0 aliphatic rings. The zero-order chi connectivity index (χ0) is 24.8. The molecule has 0 bridgehead atoms. The van der Waals surface area contributed by atoms with Crippen LogP contribution in [0.5, 0.6) is 0 Å². The summed E-state index contributed by atoms with van der Waals surface area (Å²) in [5, 5.41) is 2.92. The summed E-state index contributed by atoms with van der Waals surface area (Å²) in [6.07, 6.45) is 1.85. The maximum Gasteiger partial charge on any atom is 0.244 e. The van der Waals surface area contributed by atoms with Gasteiger partial charge in [-0.3, -0.25) is 13.9 Å². The van der Waals surface area contributed by atoms with Crippen molar-refractivity contribution in [2.75, 3.05) is 17.1 Å². The Balaban J connectivity index is 2.39. The number of nitrogens with one attached hydrogen (secondary N) is 1. The van der Waals surface area contributed by atoms with Gasteiger partial charge in [0.1, 0.15) is 12.6 Å². The lowest BCUT2D eigenvalue weighted by Crippen LogP contribution is -2.52. The van der Waals surface area contributed by atoms with Crippen molar-refractivity contribution in [3.8, 4) is 0 Å². The Morgan fingerprint density at radius 1 is 1.00 bits per heavy atom. The Hall–Kier alpha value is -2.87. The second-order valence-corrected chi connectivity index (χ2v) is 10.5. The summed E-state index contributed by atoms with van der Waals surface area (Å²) in [6.45, 7) is 9.09. The third-order valence-electron chi connectivity index (χ3n) is 5.54. The fourth-order valence-electron chi connectivity index (χ4n) is 3.54. The maximum absolute atomic E-state index is 13.5. The molecule has 2 atom stereocenters. The van der Waals surface area contributed by atoms with Gasteiger partial charge in [-0.2, -0.15) is 0 Å². The highest BCUT2D eigenvalue weighted by Gasteiger charge is 2.30. The number of benzene rings is 2. The van der Waals surface area contributed by atoms with Crippen LogP contribution < -0.4 is 9.62 Å². The van der Waals surface area contributed by atoms with Crippen LogP contribution >= 0.6 is 0 Å². The van der Waals surface area contributed by atoms with Crippen molar-refractivity contribution in [3.05, 3.63) is 65.2 Å². The molecule has 0 spiro atoms. The van der Waals surface area contributed by atoms with E-state index in [-0.39, 0.29) is 18.5 Å². The molecule has 0 aliphatic carbocycles. The van der Waals surface area contributed by atoms with Gasteiger partial charge in [0.25, 0.3) is 0 Å². The summed E-state index contributed by atoms with van der Waals surface area (Å²) in [5.74, 6) is -0.721. The van der Waals surface area contributed by atoms with E-state index in [4.69, 9.17) is 0 Å². The standard InChI is InChI=1S/C25H35N3O4S/c1-7-20(4)26-25(30)21(5)27(16-22-11-9-8-10-12-22)24(29)17-28(33(6,31)32)23-14-18(2)13-19(3)15-23/h8-15,20-21H,7,16-17H2,1-6H3,(H,26,30)/t20-,21+/m1/s1. The molecule has 2 aromatic carbocycles. The van der Waals surface area contributed by atoms with Crippen molar-refractivity contribution >= 4 is 27.5 Å². The van der Waals surface area contributed by atoms with E-state index >= 15 is 0 Å². The van der Waals surface area contributed by atoms with E-state index < -0.39 is 28.5 Å². The molecule has 0 unspecified atom stereocenters. The number of hydrogen-bond acceptors (Lipinski definition) is 4. The van der Waals surface area contributed by atoms with Crippen LogP contribution in [-0.2, 0) is 26.2 Å². The fraction of sp³-hybridized carbons (Fsp3) is 0.440. The predicted octanol–water partition coefficient (Wildman–Crippen LogP) is 3.40. The van der Waals surface area contributed by atoms with Crippen molar-refractivity contribution in [1.82, 2.24) is 10.2 Å². The van der Waals surface area contributed by atoms with Gasteiger partial charge in [-0.15, -0.1) is 0 Å². The van der Waals surface area contributed by atoms with Crippen LogP contribution in [0.4, 0.5) is 5.69 Å². The topological polar surface area (TPSA) is 86.8 Å². The summed E-state index contributed by atoms with van der Waals surface area (Å²) >= 11 is 0. The molecular formula is C25H35N3O4S. The van der Waals surface area contributed by atoms with Gasteiger partial charge >= 0.3 is 0 Å². The number of carbonyl (C=O) groups excluding carboxylic acids is 2. The molecule has 0 aliphatic heterocycles. The molecule has 0 radical (unpaired) electrons. The molecule has 0 heterocycles. The van der Waals surface area contributed by atoms with E-state index in [1.807, 2.05) is 64.1 Å². The van der Waals surface area contributed by atoms with E-state index in [9.17, 15) is 18.0 Å². The maximum atomic E-state index is 13.5. The first-order valence-electron chi connectivity index (χ1n) is 11.1. The van der Waals surface area contributed by atoms with Crippen LogP contribution in [0, 0.1) is 13.8 Å². The molecule has 1 N–H and O–H groups in total. The van der Waals surface area contributed by atoms with Crippen molar-refractivity contribution in [2.45, 2.75) is 59.7 Å². The van der Waals surface area contributed by atoms with Crippen LogP contribution in [0.1, 0.15) is 43.9 Å². The average molecular weight is 474 g/mol. The van der Waals surface area contributed by atoms with Crippen LogP contribution in [-0.4, -0.2) is 50.0 Å². The highest BCUT2D eigenvalue weighted by atomic mass is 32.2. The molecule has 180 valence electrons. The molecule has 0 aromatic heterocycles. The molecule has 0 fully saturated rings. The number of rotatable bonds is 10. The van der Waals surface area contributed by atoms with E-state index in [2.05, 4.69) is 5.32 Å². The smallest absolute Gasteiger partial charge is 0.244 e. The summed E-state index contributed by atoms with van der Waals surface area (Å²) in [5.41, 5.74) is 3.08. The van der Waals surface area contributed by atoms with Gasteiger partial charge in [-0.25, -0.2) is 8.42 Å². The molecule has 33 heavy (non-hydrogen) atoms. The first kappa shape index (κ1) is 26.4. The third-order valence-corrected chi connectivity index (χ3v) is 6.68. The van der Waals surface area contributed by atoms with Crippen molar-refractivity contribution in [3.63, 3.8) is 0 Å². The largest absolute Gasteiger partial charge is 0.352 e. The Morgan fingerprint density at radius 2 is 1.58 bits per heavy atom. The van der Waals surface area contributed by atoms with Crippen LogP contribution in [0.3, 0.4) is 0 Å². The van der Waals surface area contributed by atoms with E-state index in [0.29, 0.717) is 5.69 Å². The highest BCUT2D eigenvalue weighted by Crippen LogP contribution is 2.22. The van der Waals surface area contributed by atoms with E-state index in [0.717, 1.165) is 33.7 Å². The van der Waals surface area contributed by atoms with Gasteiger partial charge in [0.05, 0.1) is 11.9 Å². The Morgan fingerprint density at radius 3 is 2.09 bits per heavy atom. The number of amides is 2. The van der Waals surface area contributed by atoms with Gasteiger partial charge < -0.3 is 10.2 Å². The highest BCUT2D eigenvalue weighted by molar-refractivity contribution is 7.92. The van der Waals surface area contributed by atoms with E-state index in [1.165, 1.54) is 4.90 Å². The monoisotopic (exact) mass is 473 g/mol. The Kier molecular flexibility index (Phi) is 9.05. The lowest BCUT2D eigenvalue weighted by atomic mass is 10.1. The second-order valence-electron chi connectivity index (χ2n) is 8.62. The van der Waals surface area contributed by atoms with Gasteiger partial charge in [0, 0.05) is 12.6 Å². The average Bonchev–Trinajstić information content (AvgIpc) is 2.74. The Bertz CT molecular complexity index is 1050. The summed E-state index contributed by atoms with van der Waals surface area (Å²) < 4.78 is 26.4. The Labute approximate surface area is 197 Å². The number of aryl methyl sites for hydroxylation is 2. The number of hydrogen-bond donors (Lipinski definition) is 1. The molecule has 8 heteroatoms.